The predicted octanol–water partition coefficient (Wildman–Crippen LogP) is 5.09. The molecule has 1 saturated heterocycles. The molecule has 174 valence electrons. The average Bonchev–Trinajstić information content (AvgIpc) is 2.85. The van der Waals surface area contributed by atoms with Crippen molar-refractivity contribution in [1.29, 1.82) is 5.26 Å². The average molecular weight is 474 g/mol. The highest BCUT2D eigenvalue weighted by molar-refractivity contribution is 5.95. The van der Waals surface area contributed by atoms with Crippen LogP contribution in [0.4, 0.5) is 13.2 Å². The Morgan fingerprint density at radius 2 is 1.89 bits per heavy atom. The van der Waals surface area contributed by atoms with E-state index in [-0.39, 0.29) is 24.8 Å². The summed E-state index contributed by atoms with van der Waals surface area (Å²) in [5.74, 6) is 0.195. The lowest BCUT2D eigenvalue weighted by atomic mass is 10.00. The molecule has 0 radical (unpaired) electrons. The molecule has 0 spiro atoms. The summed E-state index contributed by atoms with van der Waals surface area (Å²) in [6.45, 7) is 0.575. The van der Waals surface area contributed by atoms with Gasteiger partial charge in [0.2, 0.25) is 0 Å². The molecule has 35 heavy (non-hydrogen) atoms. The fourth-order valence-corrected chi connectivity index (χ4v) is 3.93. The molecule has 3 heterocycles. The van der Waals surface area contributed by atoms with Crippen LogP contribution < -0.4 is 4.74 Å². The highest BCUT2D eigenvalue weighted by atomic mass is 19.4. The number of benzene rings is 2. The predicted molar refractivity (Wildman–Crippen MR) is 121 cm³/mol. The first-order chi connectivity index (χ1) is 16.8. The first kappa shape index (κ1) is 22.3. The Hall–Kier alpha value is -4.45. The van der Waals surface area contributed by atoms with Gasteiger partial charge in [0.15, 0.2) is 0 Å². The van der Waals surface area contributed by atoms with Gasteiger partial charge in [-0.15, -0.1) is 0 Å². The third-order valence-electron chi connectivity index (χ3n) is 5.77. The van der Waals surface area contributed by atoms with E-state index in [4.69, 9.17) is 4.74 Å². The topological polar surface area (TPSA) is 79.1 Å². The zero-order valence-electron chi connectivity index (χ0n) is 18.2. The Kier molecular flexibility index (Phi) is 5.57. The van der Waals surface area contributed by atoms with E-state index in [2.05, 4.69) is 16.0 Å². The van der Waals surface area contributed by atoms with Crippen LogP contribution in [0.5, 0.6) is 5.75 Å². The molecular weight excluding hydrogens is 457 g/mol. The smallest absolute Gasteiger partial charge is 0.433 e. The van der Waals surface area contributed by atoms with Gasteiger partial charge in [0.1, 0.15) is 17.5 Å². The number of amides is 1. The fraction of sp³-hybridized carbons (Fsp3) is 0.154. The SMILES string of the molecule is N#Cc1cccc(-c2cc(OC3CN(C(=O)c4ccc(C(F)(F)F)nc4)C3)c3cnccc3c2)c1. The number of rotatable bonds is 4. The monoisotopic (exact) mass is 474 g/mol. The maximum Gasteiger partial charge on any atom is 0.433 e. The van der Waals surface area contributed by atoms with E-state index in [1.165, 1.54) is 4.90 Å². The van der Waals surface area contributed by atoms with Crippen molar-refractivity contribution in [3.05, 3.63) is 90.0 Å². The summed E-state index contributed by atoms with van der Waals surface area (Å²) >= 11 is 0. The largest absolute Gasteiger partial charge is 0.486 e. The van der Waals surface area contributed by atoms with E-state index >= 15 is 0 Å². The number of nitriles is 1. The highest BCUT2D eigenvalue weighted by Crippen LogP contribution is 2.34. The second-order valence-electron chi connectivity index (χ2n) is 8.14. The molecular formula is C26H17F3N4O2. The van der Waals surface area contributed by atoms with Gasteiger partial charge in [0, 0.05) is 24.0 Å². The van der Waals surface area contributed by atoms with E-state index in [1.54, 1.807) is 24.5 Å². The molecule has 1 amide bonds. The van der Waals surface area contributed by atoms with Gasteiger partial charge in [-0.25, -0.2) is 0 Å². The molecule has 0 N–H and O–H groups in total. The van der Waals surface area contributed by atoms with E-state index in [0.717, 1.165) is 40.2 Å². The molecule has 2 aromatic heterocycles. The van der Waals surface area contributed by atoms with Crippen LogP contribution in [-0.4, -0.2) is 40.0 Å². The maximum atomic E-state index is 12.7. The zero-order chi connectivity index (χ0) is 24.6. The summed E-state index contributed by atoms with van der Waals surface area (Å²) in [5.41, 5.74) is 1.34. The van der Waals surface area contributed by atoms with Crippen LogP contribution in [0.3, 0.4) is 0 Å². The number of likely N-dealkylation sites (tertiary alicyclic amines) is 1. The first-order valence-electron chi connectivity index (χ1n) is 10.7. The van der Waals surface area contributed by atoms with Gasteiger partial charge in [0.25, 0.3) is 5.91 Å². The van der Waals surface area contributed by atoms with Crippen LogP contribution in [0.15, 0.2) is 73.2 Å². The Morgan fingerprint density at radius 1 is 1.06 bits per heavy atom. The number of hydrogen-bond donors (Lipinski definition) is 0. The molecule has 2 aromatic carbocycles. The number of carbonyl (C=O) groups is 1. The lowest BCUT2D eigenvalue weighted by Gasteiger charge is -2.39. The molecule has 9 heteroatoms. The minimum Gasteiger partial charge on any atom is -0.486 e. The lowest BCUT2D eigenvalue weighted by Crippen LogP contribution is -2.56. The molecule has 0 saturated carbocycles. The quantitative estimate of drug-likeness (QED) is 0.412. The van der Waals surface area contributed by atoms with Gasteiger partial charge in [0.05, 0.1) is 30.3 Å². The van der Waals surface area contributed by atoms with Crippen molar-refractivity contribution in [2.75, 3.05) is 13.1 Å². The van der Waals surface area contributed by atoms with Crippen molar-refractivity contribution < 1.29 is 22.7 Å². The highest BCUT2D eigenvalue weighted by Gasteiger charge is 2.35. The summed E-state index contributed by atoms with van der Waals surface area (Å²) in [5, 5.41) is 11.0. The van der Waals surface area contributed by atoms with Crippen LogP contribution in [0.1, 0.15) is 21.6 Å². The van der Waals surface area contributed by atoms with E-state index in [0.29, 0.717) is 11.3 Å². The Balaban J connectivity index is 1.33. The van der Waals surface area contributed by atoms with Gasteiger partial charge in [-0.3, -0.25) is 14.8 Å². The number of carbonyl (C=O) groups excluding carboxylic acids is 1. The third-order valence-corrected chi connectivity index (χ3v) is 5.77. The lowest BCUT2D eigenvalue weighted by molar-refractivity contribution is -0.141. The zero-order valence-corrected chi connectivity index (χ0v) is 18.2. The first-order valence-corrected chi connectivity index (χ1v) is 10.7. The maximum absolute atomic E-state index is 12.7. The molecule has 0 aliphatic carbocycles. The number of nitrogens with zero attached hydrogens (tertiary/aromatic N) is 4. The molecule has 0 atom stereocenters. The molecule has 1 aliphatic rings. The van der Waals surface area contributed by atoms with E-state index in [9.17, 15) is 23.2 Å². The minimum atomic E-state index is -4.56. The van der Waals surface area contributed by atoms with Crippen LogP contribution in [-0.2, 0) is 6.18 Å². The summed E-state index contributed by atoms with van der Waals surface area (Å²) in [4.78, 5) is 21.6. The van der Waals surface area contributed by atoms with Crippen molar-refractivity contribution in [3.63, 3.8) is 0 Å². The third kappa shape index (κ3) is 4.51. The Labute approximate surface area is 198 Å². The fourth-order valence-electron chi connectivity index (χ4n) is 3.93. The summed E-state index contributed by atoms with van der Waals surface area (Å²) in [6, 6.07) is 17.1. The molecule has 0 bridgehead atoms. The second-order valence-corrected chi connectivity index (χ2v) is 8.14. The summed E-state index contributed by atoms with van der Waals surface area (Å²) in [6.07, 6.45) is -0.513. The molecule has 1 aliphatic heterocycles. The van der Waals surface area contributed by atoms with E-state index < -0.39 is 17.8 Å². The number of ether oxygens (including phenoxy) is 1. The summed E-state index contributed by atoms with van der Waals surface area (Å²) < 4.78 is 44.3. The molecule has 5 rings (SSSR count). The van der Waals surface area contributed by atoms with Crippen molar-refractivity contribution in [2.24, 2.45) is 0 Å². The van der Waals surface area contributed by atoms with Crippen molar-refractivity contribution >= 4 is 16.7 Å². The van der Waals surface area contributed by atoms with Crippen LogP contribution in [0, 0.1) is 11.3 Å². The molecule has 4 aromatic rings. The van der Waals surface area contributed by atoms with Crippen LogP contribution >= 0.6 is 0 Å². The number of aromatic nitrogens is 2. The van der Waals surface area contributed by atoms with E-state index in [1.807, 2.05) is 30.3 Å². The van der Waals surface area contributed by atoms with Crippen molar-refractivity contribution in [3.8, 4) is 22.9 Å². The molecule has 0 unspecified atom stereocenters. The Bertz CT molecular complexity index is 1460. The van der Waals surface area contributed by atoms with Gasteiger partial charge >= 0.3 is 6.18 Å². The number of alkyl halides is 3. The number of halogens is 3. The van der Waals surface area contributed by atoms with Gasteiger partial charge < -0.3 is 9.64 Å². The molecule has 1 fully saturated rings. The number of fused-ring (bicyclic) bond motifs is 1. The normalized spacial score (nSPS) is 13.8. The van der Waals surface area contributed by atoms with Gasteiger partial charge in [-0.1, -0.05) is 12.1 Å². The van der Waals surface area contributed by atoms with Crippen LogP contribution in [0.25, 0.3) is 21.9 Å². The number of pyridine rings is 2. The second kappa shape index (κ2) is 8.72. The Morgan fingerprint density at radius 3 is 2.60 bits per heavy atom. The van der Waals surface area contributed by atoms with Crippen molar-refractivity contribution in [2.45, 2.75) is 12.3 Å². The van der Waals surface area contributed by atoms with Crippen LogP contribution in [0.2, 0.25) is 0 Å². The summed E-state index contributed by atoms with van der Waals surface area (Å²) in [7, 11) is 0. The van der Waals surface area contributed by atoms with Gasteiger partial charge in [-0.2, -0.15) is 18.4 Å². The van der Waals surface area contributed by atoms with Gasteiger partial charge in [-0.05, 0) is 59.0 Å². The minimum absolute atomic E-state index is 0.0884. The molecule has 6 nitrogen and oxygen atoms in total. The standard InChI is InChI=1S/C26H17F3N4O2/c27-26(28,29)24-5-4-19(12-32-24)25(34)33-14-21(15-33)35-23-10-20(9-18-6-7-31-13-22(18)23)17-3-1-2-16(8-17)11-30/h1-10,12-13,21H,14-15H2. The number of hydrogen-bond acceptors (Lipinski definition) is 5. The van der Waals surface area contributed by atoms with Crippen molar-refractivity contribution in [1.82, 2.24) is 14.9 Å².